The Morgan fingerprint density at radius 3 is 2.65 bits per heavy atom. The number of amides is 1. The number of halogens is 1. The van der Waals surface area contributed by atoms with Crippen LogP contribution < -0.4 is 4.90 Å². The first-order chi connectivity index (χ1) is 9.58. The summed E-state index contributed by atoms with van der Waals surface area (Å²) in [5.74, 6) is -1.02. The molecule has 0 bridgehead atoms. The van der Waals surface area contributed by atoms with Crippen molar-refractivity contribution in [1.29, 1.82) is 0 Å². The maximum absolute atomic E-state index is 12.1. The van der Waals surface area contributed by atoms with Crippen molar-refractivity contribution in [2.45, 2.75) is 13.5 Å². The van der Waals surface area contributed by atoms with Gasteiger partial charge in [0, 0.05) is 0 Å². The first-order valence-corrected chi connectivity index (χ1v) is 6.39. The van der Waals surface area contributed by atoms with E-state index < -0.39 is 11.7 Å². The monoisotopic (exact) mass is 287 g/mol. The lowest BCUT2D eigenvalue weighted by Gasteiger charge is -2.17. The largest absolute Gasteiger partial charge is 0.299 e. The Bertz CT molecular complexity index is 713. The van der Waals surface area contributed by atoms with Gasteiger partial charge in [0.15, 0.2) is 5.15 Å². The van der Waals surface area contributed by atoms with Crippen molar-refractivity contribution < 1.29 is 9.59 Å². The van der Waals surface area contributed by atoms with Gasteiger partial charge in [-0.1, -0.05) is 23.7 Å². The molecular weight excluding hydrogens is 278 g/mol. The smallest absolute Gasteiger partial charge is 0.298 e. The highest BCUT2D eigenvalue weighted by Gasteiger charge is 2.36. The molecule has 0 saturated heterocycles. The quantitative estimate of drug-likeness (QED) is 0.794. The number of fused-ring (bicyclic) bond motifs is 1. The van der Waals surface area contributed by atoms with Crippen molar-refractivity contribution in [3.63, 3.8) is 0 Å². The summed E-state index contributed by atoms with van der Waals surface area (Å²) in [6, 6.07) is 8.58. The predicted molar refractivity (Wildman–Crippen MR) is 73.7 cm³/mol. The summed E-state index contributed by atoms with van der Waals surface area (Å²) in [5, 5.41) is 7.94. The number of benzene rings is 1. The normalized spacial score (nSPS) is 13.8. The maximum atomic E-state index is 12.1. The molecule has 0 N–H and O–H groups in total. The highest BCUT2D eigenvalue weighted by molar-refractivity contribution is 6.52. The molecule has 0 saturated carbocycles. The van der Waals surface area contributed by atoms with Crippen LogP contribution in [0.1, 0.15) is 21.6 Å². The zero-order valence-corrected chi connectivity index (χ0v) is 11.4. The van der Waals surface area contributed by atoms with E-state index in [2.05, 4.69) is 10.2 Å². The highest BCUT2D eigenvalue weighted by Crippen LogP contribution is 2.33. The zero-order valence-electron chi connectivity index (χ0n) is 10.6. The molecule has 0 spiro atoms. The fourth-order valence-electron chi connectivity index (χ4n) is 2.28. The highest BCUT2D eigenvalue weighted by atomic mass is 35.5. The van der Waals surface area contributed by atoms with Gasteiger partial charge in [-0.15, -0.1) is 5.10 Å². The van der Waals surface area contributed by atoms with Gasteiger partial charge in [0.1, 0.15) is 0 Å². The van der Waals surface area contributed by atoms with Crippen LogP contribution in [0.25, 0.3) is 0 Å². The number of rotatable bonds is 2. The average molecular weight is 288 g/mol. The number of aromatic nitrogens is 2. The fraction of sp³-hybridized carbons (Fsp3) is 0.143. The van der Waals surface area contributed by atoms with Gasteiger partial charge < -0.3 is 0 Å². The minimum Gasteiger partial charge on any atom is -0.298 e. The second kappa shape index (κ2) is 4.68. The number of para-hydroxylation sites is 1. The van der Waals surface area contributed by atoms with Crippen molar-refractivity contribution in [1.82, 2.24) is 10.2 Å². The van der Waals surface area contributed by atoms with E-state index in [1.807, 2.05) is 13.0 Å². The summed E-state index contributed by atoms with van der Waals surface area (Å²) >= 11 is 5.68. The molecule has 1 aliphatic heterocycles. The SMILES string of the molecule is Cc1cccc2c1N(Cc1ccc(Cl)nn1)C(=O)C2=O. The molecule has 0 aliphatic carbocycles. The average Bonchev–Trinajstić information content (AvgIpc) is 2.68. The third-order valence-corrected chi connectivity index (χ3v) is 3.40. The van der Waals surface area contributed by atoms with Crippen LogP contribution in [0, 0.1) is 6.92 Å². The van der Waals surface area contributed by atoms with Gasteiger partial charge in [-0.05, 0) is 30.7 Å². The van der Waals surface area contributed by atoms with Crippen LogP contribution in [0.3, 0.4) is 0 Å². The summed E-state index contributed by atoms with van der Waals surface area (Å²) in [4.78, 5) is 25.5. The molecule has 2 aromatic rings. The van der Waals surface area contributed by atoms with Crippen molar-refractivity contribution in [3.05, 3.63) is 52.3 Å². The molecule has 0 atom stereocenters. The number of carbonyl (C=O) groups excluding carboxylic acids is 2. The van der Waals surface area contributed by atoms with Gasteiger partial charge in [-0.25, -0.2) is 0 Å². The molecule has 0 fully saturated rings. The van der Waals surface area contributed by atoms with Crippen LogP contribution >= 0.6 is 11.6 Å². The lowest BCUT2D eigenvalue weighted by Crippen LogP contribution is -2.30. The molecule has 0 radical (unpaired) electrons. The molecule has 6 heteroatoms. The standard InChI is InChI=1S/C14H10ClN3O2/c1-8-3-2-4-10-12(8)18(14(20)13(10)19)7-9-5-6-11(15)17-16-9/h2-6H,7H2,1H3. The summed E-state index contributed by atoms with van der Waals surface area (Å²) in [6.07, 6.45) is 0. The van der Waals surface area contributed by atoms with Gasteiger partial charge in [0.25, 0.3) is 11.7 Å². The lowest BCUT2D eigenvalue weighted by molar-refractivity contribution is -0.114. The number of hydrogen-bond donors (Lipinski definition) is 0. The molecule has 1 aromatic carbocycles. The lowest BCUT2D eigenvalue weighted by atomic mass is 10.1. The molecule has 0 unspecified atom stereocenters. The van der Waals surface area contributed by atoms with E-state index >= 15 is 0 Å². The Labute approximate surface area is 120 Å². The summed E-state index contributed by atoms with van der Waals surface area (Å²) in [6.45, 7) is 2.07. The van der Waals surface area contributed by atoms with E-state index in [0.29, 0.717) is 16.9 Å². The van der Waals surface area contributed by atoms with Gasteiger partial charge in [0.2, 0.25) is 0 Å². The van der Waals surface area contributed by atoms with Crippen molar-refractivity contribution >= 4 is 29.0 Å². The topological polar surface area (TPSA) is 63.2 Å². The molecule has 5 nitrogen and oxygen atoms in total. The van der Waals surface area contributed by atoms with Gasteiger partial charge in [-0.3, -0.25) is 14.5 Å². The third-order valence-electron chi connectivity index (χ3n) is 3.20. The van der Waals surface area contributed by atoms with E-state index in [1.165, 1.54) is 4.90 Å². The number of anilines is 1. The minimum absolute atomic E-state index is 0.201. The van der Waals surface area contributed by atoms with Crippen molar-refractivity contribution in [2.24, 2.45) is 0 Å². The van der Waals surface area contributed by atoms with Gasteiger partial charge >= 0.3 is 0 Å². The molecule has 1 aliphatic rings. The summed E-state index contributed by atoms with van der Waals surface area (Å²) in [5.41, 5.74) is 2.55. The number of ketones is 1. The number of hydrogen-bond acceptors (Lipinski definition) is 4. The van der Waals surface area contributed by atoms with Crippen molar-refractivity contribution in [2.75, 3.05) is 4.90 Å². The second-order valence-corrected chi connectivity index (χ2v) is 4.93. The Kier molecular flexibility index (Phi) is 2.99. The number of aryl methyl sites for hydroxylation is 1. The molecule has 3 rings (SSSR count). The van der Waals surface area contributed by atoms with E-state index in [0.717, 1.165) is 5.56 Å². The summed E-state index contributed by atoms with van der Waals surface area (Å²) < 4.78 is 0. The number of nitrogens with zero attached hydrogens (tertiary/aromatic N) is 3. The first kappa shape index (κ1) is 12.7. The summed E-state index contributed by atoms with van der Waals surface area (Å²) in [7, 11) is 0. The third kappa shape index (κ3) is 1.96. The fourth-order valence-corrected chi connectivity index (χ4v) is 2.38. The van der Waals surface area contributed by atoms with Crippen LogP contribution in [-0.4, -0.2) is 21.9 Å². The number of Topliss-reactive ketones (excluding diaryl/α,β-unsaturated/α-hetero) is 1. The molecule has 2 heterocycles. The zero-order chi connectivity index (χ0) is 14.3. The van der Waals surface area contributed by atoms with E-state index in [9.17, 15) is 9.59 Å². The Morgan fingerprint density at radius 2 is 1.95 bits per heavy atom. The molecule has 100 valence electrons. The van der Waals surface area contributed by atoms with Gasteiger partial charge in [-0.2, -0.15) is 5.10 Å². The van der Waals surface area contributed by atoms with Crippen LogP contribution in [0.5, 0.6) is 0 Å². The molecule has 1 amide bonds. The predicted octanol–water partition coefficient (Wildman–Crippen LogP) is 2.17. The Morgan fingerprint density at radius 1 is 1.15 bits per heavy atom. The molecule has 20 heavy (non-hydrogen) atoms. The van der Waals surface area contributed by atoms with E-state index in [1.54, 1.807) is 24.3 Å². The van der Waals surface area contributed by atoms with E-state index in [4.69, 9.17) is 11.6 Å². The van der Waals surface area contributed by atoms with Crippen molar-refractivity contribution in [3.8, 4) is 0 Å². The van der Waals surface area contributed by atoms with Crippen LogP contribution in [0.4, 0.5) is 5.69 Å². The van der Waals surface area contributed by atoms with Gasteiger partial charge in [0.05, 0.1) is 23.5 Å². The second-order valence-electron chi connectivity index (χ2n) is 4.54. The van der Waals surface area contributed by atoms with Crippen LogP contribution in [0.15, 0.2) is 30.3 Å². The van der Waals surface area contributed by atoms with E-state index in [-0.39, 0.29) is 11.7 Å². The number of carbonyl (C=O) groups is 2. The minimum atomic E-state index is -0.536. The first-order valence-electron chi connectivity index (χ1n) is 6.02. The maximum Gasteiger partial charge on any atom is 0.299 e. The Balaban J connectivity index is 2.01. The van der Waals surface area contributed by atoms with Crippen LogP contribution in [-0.2, 0) is 11.3 Å². The Hall–Kier alpha value is -2.27. The van der Waals surface area contributed by atoms with Crippen LogP contribution in [0.2, 0.25) is 5.15 Å². The molecule has 1 aromatic heterocycles. The molecular formula is C14H10ClN3O2.